The predicted molar refractivity (Wildman–Crippen MR) is 77.7 cm³/mol. The van der Waals surface area contributed by atoms with Crippen molar-refractivity contribution in [3.8, 4) is 6.07 Å². The summed E-state index contributed by atoms with van der Waals surface area (Å²) in [6.07, 6.45) is 1.97. The van der Waals surface area contributed by atoms with Gasteiger partial charge in [0.25, 0.3) is 0 Å². The molecule has 3 rings (SSSR count). The standard InChI is InChI=1S/C15H13N5/c1-10-14-13(7-8-20(14)2)19-15(17-10)18-12-5-3-11(9-16)4-6-12/h3-8H,1-2H3,(H,17,18,19). The molecule has 3 aromatic rings. The Kier molecular flexibility index (Phi) is 2.84. The van der Waals surface area contributed by atoms with Crippen LogP contribution in [0.1, 0.15) is 11.3 Å². The average molecular weight is 263 g/mol. The maximum Gasteiger partial charge on any atom is 0.228 e. The second-order valence-electron chi connectivity index (χ2n) is 4.61. The van der Waals surface area contributed by atoms with Crippen LogP contribution in [0.15, 0.2) is 36.5 Å². The van der Waals surface area contributed by atoms with Crippen molar-refractivity contribution in [3.63, 3.8) is 0 Å². The van der Waals surface area contributed by atoms with Crippen molar-refractivity contribution in [2.45, 2.75) is 6.92 Å². The number of hydrogen-bond donors (Lipinski definition) is 1. The van der Waals surface area contributed by atoms with E-state index in [1.165, 1.54) is 0 Å². The summed E-state index contributed by atoms with van der Waals surface area (Å²) in [6, 6.07) is 11.3. The Balaban J connectivity index is 1.96. The van der Waals surface area contributed by atoms with Crippen molar-refractivity contribution in [2.75, 3.05) is 5.32 Å². The summed E-state index contributed by atoms with van der Waals surface area (Å²) in [7, 11) is 1.98. The van der Waals surface area contributed by atoms with Crippen molar-refractivity contribution in [1.29, 1.82) is 5.26 Å². The molecule has 0 fully saturated rings. The minimum Gasteiger partial charge on any atom is -0.348 e. The number of rotatable bonds is 2. The van der Waals surface area contributed by atoms with Gasteiger partial charge in [0.05, 0.1) is 28.4 Å². The van der Waals surface area contributed by atoms with Gasteiger partial charge in [0.1, 0.15) is 0 Å². The van der Waals surface area contributed by atoms with Crippen molar-refractivity contribution < 1.29 is 0 Å². The van der Waals surface area contributed by atoms with Crippen LogP contribution in [0.25, 0.3) is 11.0 Å². The van der Waals surface area contributed by atoms with Gasteiger partial charge in [-0.2, -0.15) is 5.26 Å². The van der Waals surface area contributed by atoms with Gasteiger partial charge in [0.15, 0.2) is 0 Å². The fourth-order valence-electron chi connectivity index (χ4n) is 2.21. The highest BCUT2D eigenvalue weighted by Gasteiger charge is 2.07. The van der Waals surface area contributed by atoms with Gasteiger partial charge in [-0.05, 0) is 37.3 Å². The lowest BCUT2D eigenvalue weighted by molar-refractivity contribution is 0.953. The maximum atomic E-state index is 8.78. The minimum absolute atomic E-state index is 0.561. The summed E-state index contributed by atoms with van der Waals surface area (Å²) in [6.45, 7) is 1.97. The molecule has 0 saturated carbocycles. The molecule has 0 aliphatic heterocycles. The molecular weight excluding hydrogens is 250 g/mol. The fraction of sp³-hybridized carbons (Fsp3) is 0.133. The molecule has 0 aliphatic rings. The number of anilines is 2. The largest absolute Gasteiger partial charge is 0.348 e. The number of nitriles is 1. The highest BCUT2D eigenvalue weighted by Crippen LogP contribution is 2.20. The lowest BCUT2D eigenvalue weighted by Crippen LogP contribution is -2.00. The van der Waals surface area contributed by atoms with E-state index < -0.39 is 0 Å². The van der Waals surface area contributed by atoms with E-state index in [1.54, 1.807) is 12.1 Å². The molecule has 98 valence electrons. The van der Waals surface area contributed by atoms with Gasteiger partial charge >= 0.3 is 0 Å². The van der Waals surface area contributed by atoms with Crippen LogP contribution in [-0.4, -0.2) is 14.5 Å². The number of aryl methyl sites for hydroxylation is 2. The molecule has 0 bridgehead atoms. The van der Waals surface area contributed by atoms with Crippen molar-refractivity contribution >= 4 is 22.7 Å². The summed E-state index contributed by atoms with van der Waals surface area (Å²) < 4.78 is 2.01. The summed E-state index contributed by atoms with van der Waals surface area (Å²) in [5.41, 5.74) is 4.37. The van der Waals surface area contributed by atoms with Crippen LogP contribution in [0, 0.1) is 18.3 Å². The molecule has 0 amide bonds. The van der Waals surface area contributed by atoms with Crippen molar-refractivity contribution in [3.05, 3.63) is 47.8 Å². The highest BCUT2D eigenvalue weighted by atomic mass is 15.1. The lowest BCUT2D eigenvalue weighted by atomic mass is 10.2. The SMILES string of the molecule is Cc1nc(Nc2ccc(C#N)cc2)nc2ccn(C)c12. The summed E-state index contributed by atoms with van der Waals surface area (Å²) in [5.74, 6) is 0.561. The second kappa shape index (κ2) is 4.67. The molecule has 0 radical (unpaired) electrons. The van der Waals surface area contributed by atoms with Crippen LogP contribution in [0.5, 0.6) is 0 Å². The number of fused-ring (bicyclic) bond motifs is 1. The third-order valence-electron chi connectivity index (χ3n) is 3.16. The normalized spacial score (nSPS) is 10.4. The van der Waals surface area contributed by atoms with E-state index in [2.05, 4.69) is 21.4 Å². The maximum absolute atomic E-state index is 8.78. The van der Waals surface area contributed by atoms with E-state index in [0.29, 0.717) is 11.5 Å². The molecule has 0 spiro atoms. The van der Waals surface area contributed by atoms with Crippen LogP contribution in [0.2, 0.25) is 0 Å². The van der Waals surface area contributed by atoms with Crippen molar-refractivity contribution in [1.82, 2.24) is 14.5 Å². The van der Waals surface area contributed by atoms with E-state index >= 15 is 0 Å². The first kappa shape index (κ1) is 12.2. The Morgan fingerprint density at radius 2 is 1.90 bits per heavy atom. The number of hydrogen-bond acceptors (Lipinski definition) is 4. The lowest BCUT2D eigenvalue weighted by Gasteiger charge is -2.07. The Morgan fingerprint density at radius 1 is 1.15 bits per heavy atom. The zero-order chi connectivity index (χ0) is 14.1. The molecule has 0 saturated heterocycles. The van der Waals surface area contributed by atoms with Gasteiger partial charge in [-0.1, -0.05) is 0 Å². The van der Waals surface area contributed by atoms with Gasteiger partial charge in [0.2, 0.25) is 5.95 Å². The monoisotopic (exact) mass is 263 g/mol. The zero-order valence-electron chi connectivity index (χ0n) is 11.3. The van der Waals surface area contributed by atoms with E-state index in [1.807, 2.05) is 42.9 Å². The van der Waals surface area contributed by atoms with Crippen LogP contribution < -0.4 is 5.32 Å². The number of nitrogens with zero attached hydrogens (tertiary/aromatic N) is 4. The summed E-state index contributed by atoms with van der Waals surface area (Å²) in [5, 5.41) is 11.9. The minimum atomic E-state index is 0.561. The number of benzene rings is 1. The van der Waals surface area contributed by atoms with E-state index in [9.17, 15) is 0 Å². The fourth-order valence-corrected chi connectivity index (χ4v) is 2.21. The van der Waals surface area contributed by atoms with E-state index in [-0.39, 0.29) is 0 Å². The molecule has 5 heteroatoms. The highest BCUT2D eigenvalue weighted by molar-refractivity contribution is 5.79. The van der Waals surface area contributed by atoms with E-state index in [4.69, 9.17) is 5.26 Å². The third-order valence-corrected chi connectivity index (χ3v) is 3.16. The first-order chi connectivity index (χ1) is 9.67. The average Bonchev–Trinajstić information content (AvgIpc) is 2.81. The van der Waals surface area contributed by atoms with Gasteiger partial charge in [0, 0.05) is 18.9 Å². The molecule has 0 aliphatic carbocycles. The Hall–Kier alpha value is -2.87. The molecule has 2 aromatic heterocycles. The van der Waals surface area contributed by atoms with Gasteiger partial charge in [-0.15, -0.1) is 0 Å². The van der Waals surface area contributed by atoms with Gasteiger partial charge in [-0.25, -0.2) is 9.97 Å². The Bertz CT molecular complexity index is 809. The topological polar surface area (TPSA) is 66.5 Å². The Labute approximate surface area is 116 Å². The van der Waals surface area contributed by atoms with Crippen LogP contribution >= 0.6 is 0 Å². The van der Waals surface area contributed by atoms with Gasteiger partial charge < -0.3 is 9.88 Å². The van der Waals surface area contributed by atoms with E-state index in [0.717, 1.165) is 22.4 Å². The summed E-state index contributed by atoms with van der Waals surface area (Å²) in [4.78, 5) is 8.95. The Morgan fingerprint density at radius 3 is 2.60 bits per heavy atom. The van der Waals surface area contributed by atoms with Crippen LogP contribution in [-0.2, 0) is 7.05 Å². The number of nitrogens with one attached hydrogen (secondary N) is 1. The predicted octanol–water partition coefficient (Wildman–Crippen LogP) is 2.89. The quantitative estimate of drug-likeness (QED) is 0.772. The van der Waals surface area contributed by atoms with Crippen molar-refractivity contribution in [2.24, 2.45) is 7.05 Å². The number of aromatic nitrogens is 3. The molecular formula is C15H13N5. The third kappa shape index (κ3) is 2.08. The van der Waals surface area contributed by atoms with Crippen LogP contribution in [0.3, 0.4) is 0 Å². The molecule has 1 N–H and O–H groups in total. The van der Waals surface area contributed by atoms with Gasteiger partial charge in [-0.3, -0.25) is 0 Å². The molecule has 20 heavy (non-hydrogen) atoms. The molecule has 0 unspecified atom stereocenters. The smallest absolute Gasteiger partial charge is 0.228 e. The van der Waals surface area contributed by atoms with Crippen LogP contribution in [0.4, 0.5) is 11.6 Å². The molecule has 5 nitrogen and oxygen atoms in total. The summed E-state index contributed by atoms with van der Waals surface area (Å²) >= 11 is 0. The second-order valence-corrected chi connectivity index (χ2v) is 4.61. The zero-order valence-corrected chi connectivity index (χ0v) is 11.3. The molecule has 0 atom stereocenters. The first-order valence-electron chi connectivity index (χ1n) is 6.24. The molecule has 2 heterocycles. The first-order valence-corrected chi connectivity index (χ1v) is 6.24. The molecule has 1 aromatic carbocycles.